The normalized spacial score (nSPS) is 12.6. The SMILES string of the molecule is COC(=O)C(C)(C)[C@@H](N)c1ccc(OC(C)C)cc1.Cl. The third-order valence-electron chi connectivity index (χ3n) is 3.10. The predicted molar refractivity (Wildman–Crippen MR) is 82.2 cm³/mol. The summed E-state index contributed by atoms with van der Waals surface area (Å²) in [5.74, 6) is 0.476. The predicted octanol–water partition coefficient (Wildman–Crippen LogP) is 3.09. The molecule has 1 aromatic rings. The lowest BCUT2D eigenvalue weighted by atomic mass is 9.81. The summed E-state index contributed by atoms with van der Waals surface area (Å²) in [6, 6.07) is 7.07. The summed E-state index contributed by atoms with van der Waals surface area (Å²) in [6.07, 6.45) is 0.131. The monoisotopic (exact) mass is 301 g/mol. The molecule has 4 nitrogen and oxygen atoms in total. The van der Waals surface area contributed by atoms with Gasteiger partial charge in [0.25, 0.3) is 0 Å². The van der Waals surface area contributed by atoms with Gasteiger partial charge in [-0.2, -0.15) is 0 Å². The molecule has 0 unspecified atom stereocenters. The molecule has 0 aliphatic heterocycles. The summed E-state index contributed by atoms with van der Waals surface area (Å²) >= 11 is 0. The first-order chi connectivity index (χ1) is 8.78. The standard InChI is InChI=1S/C15H23NO3.ClH/c1-10(2)19-12-8-6-11(7-9-12)13(16)15(3,4)14(17)18-5;/h6-10,13H,16H2,1-5H3;1H/t13-;/m0./s1. The Balaban J connectivity index is 0.00000361. The van der Waals surface area contributed by atoms with Gasteiger partial charge in [0, 0.05) is 6.04 Å². The van der Waals surface area contributed by atoms with Crippen LogP contribution in [-0.2, 0) is 9.53 Å². The van der Waals surface area contributed by atoms with Crippen LogP contribution < -0.4 is 10.5 Å². The van der Waals surface area contributed by atoms with Crippen LogP contribution in [0.1, 0.15) is 39.3 Å². The number of ether oxygens (including phenoxy) is 2. The van der Waals surface area contributed by atoms with Crippen LogP contribution in [0.3, 0.4) is 0 Å². The van der Waals surface area contributed by atoms with E-state index < -0.39 is 11.5 Å². The minimum atomic E-state index is -0.769. The van der Waals surface area contributed by atoms with Crippen LogP contribution in [0.15, 0.2) is 24.3 Å². The quantitative estimate of drug-likeness (QED) is 0.849. The minimum absolute atomic E-state index is 0. The lowest BCUT2D eigenvalue weighted by Crippen LogP contribution is -2.37. The van der Waals surface area contributed by atoms with E-state index in [1.807, 2.05) is 38.1 Å². The Bertz CT molecular complexity index is 429. The van der Waals surface area contributed by atoms with Crippen molar-refractivity contribution >= 4 is 18.4 Å². The van der Waals surface area contributed by atoms with E-state index in [4.69, 9.17) is 15.2 Å². The van der Waals surface area contributed by atoms with Crippen LogP contribution in [-0.4, -0.2) is 19.2 Å². The van der Waals surface area contributed by atoms with Crippen molar-refractivity contribution in [2.75, 3.05) is 7.11 Å². The van der Waals surface area contributed by atoms with Gasteiger partial charge in [-0.05, 0) is 45.4 Å². The first-order valence-electron chi connectivity index (χ1n) is 6.39. The van der Waals surface area contributed by atoms with E-state index in [9.17, 15) is 4.79 Å². The molecule has 5 heteroatoms. The molecule has 0 heterocycles. The second kappa shape index (κ2) is 7.50. The van der Waals surface area contributed by atoms with Gasteiger partial charge >= 0.3 is 5.97 Å². The summed E-state index contributed by atoms with van der Waals surface area (Å²) < 4.78 is 10.4. The molecule has 1 atom stereocenters. The van der Waals surface area contributed by atoms with Crippen molar-refractivity contribution in [1.29, 1.82) is 0 Å². The molecule has 20 heavy (non-hydrogen) atoms. The highest BCUT2D eigenvalue weighted by atomic mass is 35.5. The molecule has 1 aromatic carbocycles. The van der Waals surface area contributed by atoms with Crippen LogP contribution in [0.4, 0.5) is 0 Å². The van der Waals surface area contributed by atoms with Gasteiger partial charge in [0.05, 0.1) is 18.6 Å². The number of halogens is 1. The number of carbonyl (C=O) groups excluding carboxylic acids is 1. The van der Waals surface area contributed by atoms with Crippen molar-refractivity contribution in [2.24, 2.45) is 11.1 Å². The highest BCUT2D eigenvalue weighted by molar-refractivity contribution is 5.85. The van der Waals surface area contributed by atoms with Crippen LogP contribution in [0, 0.1) is 5.41 Å². The molecule has 114 valence electrons. The number of rotatable bonds is 5. The molecule has 0 aliphatic carbocycles. The molecule has 1 rings (SSSR count). The zero-order valence-electron chi connectivity index (χ0n) is 12.7. The maximum atomic E-state index is 11.7. The van der Waals surface area contributed by atoms with E-state index in [0.29, 0.717) is 0 Å². The number of hydrogen-bond donors (Lipinski definition) is 1. The Labute approximate surface area is 127 Å². The molecule has 0 fully saturated rings. The molecule has 0 aromatic heterocycles. The number of esters is 1. The summed E-state index contributed by atoms with van der Waals surface area (Å²) in [5.41, 5.74) is 6.27. The molecule has 0 spiro atoms. The Morgan fingerprint density at radius 1 is 1.20 bits per heavy atom. The zero-order valence-corrected chi connectivity index (χ0v) is 13.5. The van der Waals surface area contributed by atoms with Gasteiger partial charge in [0.2, 0.25) is 0 Å². The largest absolute Gasteiger partial charge is 0.491 e. The highest BCUT2D eigenvalue weighted by Crippen LogP contribution is 2.33. The molecule has 0 bridgehead atoms. The van der Waals surface area contributed by atoms with Gasteiger partial charge in [-0.15, -0.1) is 12.4 Å². The molecular formula is C15H24ClNO3. The molecule has 2 N–H and O–H groups in total. The average Bonchev–Trinajstić information content (AvgIpc) is 2.37. The molecule has 0 saturated heterocycles. The van der Waals surface area contributed by atoms with E-state index in [0.717, 1.165) is 11.3 Å². The Kier molecular flexibility index (Phi) is 7.03. The van der Waals surface area contributed by atoms with E-state index >= 15 is 0 Å². The number of hydrogen-bond acceptors (Lipinski definition) is 4. The topological polar surface area (TPSA) is 61.5 Å². The number of nitrogens with two attached hydrogens (primary N) is 1. The van der Waals surface area contributed by atoms with E-state index in [-0.39, 0.29) is 24.5 Å². The van der Waals surface area contributed by atoms with Gasteiger partial charge in [-0.1, -0.05) is 12.1 Å². The third-order valence-corrected chi connectivity index (χ3v) is 3.10. The van der Waals surface area contributed by atoms with Crippen LogP contribution in [0.5, 0.6) is 5.75 Å². The van der Waals surface area contributed by atoms with Crippen molar-refractivity contribution < 1.29 is 14.3 Å². The maximum absolute atomic E-state index is 11.7. The van der Waals surface area contributed by atoms with Gasteiger partial charge in [0.1, 0.15) is 5.75 Å². The summed E-state index contributed by atoms with van der Waals surface area (Å²) in [5, 5.41) is 0. The Morgan fingerprint density at radius 2 is 1.70 bits per heavy atom. The van der Waals surface area contributed by atoms with Crippen molar-refractivity contribution in [3.63, 3.8) is 0 Å². The summed E-state index contributed by atoms with van der Waals surface area (Å²) in [7, 11) is 1.37. The Morgan fingerprint density at radius 3 is 2.10 bits per heavy atom. The second-order valence-electron chi connectivity index (χ2n) is 5.43. The number of carbonyl (C=O) groups is 1. The third kappa shape index (κ3) is 4.39. The van der Waals surface area contributed by atoms with Crippen molar-refractivity contribution in [3.05, 3.63) is 29.8 Å². The summed E-state index contributed by atoms with van der Waals surface area (Å²) in [6.45, 7) is 7.50. The van der Waals surface area contributed by atoms with E-state index in [2.05, 4.69) is 0 Å². The zero-order chi connectivity index (χ0) is 14.6. The van der Waals surface area contributed by atoms with Crippen molar-refractivity contribution in [2.45, 2.75) is 39.8 Å². The van der Waals surface area contributed by atoms with Gasteiger partial charge in [0.15, 0.2) is 0 Å². The minimum Gasteiger partial charge on any atom is -0.491 e. The fourth-order valence-corrected chi connectivity index (χ4v) is 1.83. The summed E-state index contributed by atoms with van der Waals surface area (Å²) in [4.78, 5) is 11.7. The van der Waals surface area contributed by atoms with Gasteiger partial charge in [-0.3, -0.25) is 4.79 Å². The molecule has 0 radical (unpaired) electrons. The second-order valence-corrected chi connectivity index (χ2v) is 5.43. The smallest absolute Gasteiger partial charge is 0.313 e. The lowest BCUT2D eigenvalue weighted by molar-refractivity contribution is -0.152. The van der Waals surface area contributed by atoms with Crippen molar-refractivity contribution in [3.8, 4) is 5.75 Å². The molecule has 0 aliphatic rings. The fourth-order valence-electron chi connectivity index (χ4n) is 1.83. The van der Waals surface area contributed by atoms with Crippen LogP contribution in [0.25, 0.3) is 0 Å². The van der Waals surface area contributed by atoms with Crippen LogP contribution in [0.2, 0.25) is 0 Å². The maximum Gasteiger partial charge on any atom is 0.313 e. The fraction of sp³-hybridized carbons (Fsp3) is 0.533. The first kappa shape index (κ1) is 18.7. The number of benzene rings is 1. The average molecular weight is 302 g/mol. The molecular weight excluding hydrogens is 278 g/mol. The Hall–Kier alpha value is -1.26. The molecule has 0 amide bonds. The lowest BCUT2D eigenvalue weighted by Gasteiger charge is -2.29. The first-order valence-corrected chi connectivity index (χ1v) is 6.39. The van der Waals surface area contributed by atoms with Gasteiger partial charge in [-0.25, -0.2) is 0 Å². The van der Waals surface area contributed by atoms with Crippen LogP contribution >= 0.6 is 12.4 Å². The number of methoxy groups -OCH3 is 1. The van der Waals surface area contributed by atoms with Crippen molar-refractivity contribution in [1.82, 2.24) is 0 Å². The van der Waals surface area contributed by atoms with E-state index in [1.54, 1.807) is 13.8 Å². The van der Waals surface area contributed by atoms with Gasteiger partial charge < -0.3 is 15.2 Å². The van der Waals surface area contributed by atoms with E-state index in [1.165, 1.54) is 7.11 Å². The highest BCUT2D eigenvalue weighted by Gasteiger charge is 2.36. The molecule has 0 saturated carbocycles.